The molecule has 1 aliphatic carbocycles. The van der Waals surface area contributed by atoms with Crippen molar-refractivity contribution >= 4 is 5.91 Å². The molecule has 1 saturated carbocycles. The molecule has 2 rings (SSSR count). The zero-order chi connectivity index (χ0) is 15.9. The number of benzene rings is 1. The second-order valence-electron chi connectivity index (χ2n) is 7.44. The van der Waals surface area contributed by atoms with Crippen molar-refractivity contribution in [3.05, 3.63) is 35.4 Å². The van der Waals surface area contributed by atoms with Crippen molar-refractivity contribution in [2.24, 2.45) is 0 Å². The summed E-state index contributed by atoms with van der Waals surface area (Å²) in [5, 5.41) is 13.3. The molecule has 3 nitrogen and oxygen atoms in total. The molecule has 1 aliphatic rings. The largest absolute Gasteiger partial charge is 0.388 e. The smallest absolute Gasteiger partial charge is 0.231 e. The quantitative estimate of drug-likeness (QED) is 0.895. The molecule has 21 heavy (non-hydrogen) atoms. The molecule has 1 aromatic rings. The van der Waals surface area contributed by atoms with Crippen molar-refractivity contribution < 1.29 is 9.90 Å². The number of aryl methyl sites for hydroxylation is 1. The average molecular weight is 289 g/mol. The molecule has 3 heteroatoms. The molecule has 2 N–H and O–H groups in total. The third-order valence-electron chi connectivity index (χ3n) is 5.17. The molecule has 0 heterocycles. The number of aliphatic hydroxyl groups is 1. The van der Waals surface area contributed by atoms with Gasteiger partial charge in [-0.15, -0.1) is 0 Å². The zero-order valence-electron chi connectivity index (χ0n) is 13.8. The molecule has 0 saturated heterocycles. The van der Waals surface area contributed by atoms with E-state index in [0.717, 1.165) is 24.8 Å². The van der Waals surface area contributed by atoms with E-state index >= 15 is 0 Å². The number of nitrogens with one attached hydrogen (secondary N) is 1. The topological polar surface area (TPSA) is 49.3 Å². The monoisotopic (exact) mass is 289 g/mol. The minimum atomic E-state index is -0.972. The molecule has 0 aromatic heterocycles. The Balaban J connectivity index is 2.28. The number of carbonyl (C=O) groups excluding carboxylic acids is 1. The highest BCUT2D eigenvalue weighted by molar-refractivity contribution is 5.90. The Morgan fingerprint density at radius 1 is 1.24 bits per heavy atom. The van der Waals surface area contributed by atoms with E-state index in [1.165, 1.54) is 5.56 Å². The van der Waals surface area contributed by atoms with Gasteiger partial charge in [-0.3, -0.25) is 4.79 Å². The van der Waals surface area contributed by atoms with Crippen LogP contribution in [0.15, 0.2) is 24.3 Å². The van der Waals surface area contributed by atoms with Crippen LogP contribution in [-0.4, -0.2) is 22.2 Å². The Hall–Kier alpha value is -1.35. The van der Waals surface area contributed by atoms with Crippen molar-refractivity contribution in [3.8, 4) is 0 Å². The Morgan fingerprint density at radius 2 is 1.86 bits per heavy atom. The molecule has 1 fully saturated rings. The van der Waals surface area contributed by atoms with Crippen molar-refractivity contribution in [2.45, 2.75) is 70.4 Å². The van der Waals surface area contributed by atoms with Crippen LogP contribution in [-0.2, 0) is 10.2 Å². The van der Waals surface area contributed by atoms with Gasteiger partial charge in [0.25, 0.3) is 0 Å². The van der Waals surface area contributed by atoms with E-state index in [0.29, 0.717) is 0 Å². The molecule has 116 valence electrons. The summed E-state index contributed by atoms with van der Waals surface area (Å²) in [6.07, 6.45) is 2.83. The van der Waals surface area contributed by atoms with Crippen LogP contribution in [0, 0.1) is 6.92 Å². The van der Waals surface area contributed by atoms with Gasteiger partial charge in [0.05, 0.1) is 16.6 Å². The lowest BCUT2D eigenvalue weighted by Crippen LogP contribution is -2.62. The predicted molar refractivity (Wildman–Crippen MR) is 85.2 cm³/mol. The molecule has 0 unspecified atom stereocenters. The van der Waals surface area contributed by atoms with E-state index in [1.54, 1.807) is 13.8 Å². The highest BCUT2D eigenvalue weighted by Crippen LogP contribution is 2.44. The summed E-state index contributed by atoms with van der Waals surface area (Å²) < 4.78 is 0. The number of hydrogen-bond donors (Lipinski definition) is 2. The second-order valence-corrected chi connectivity index (χ2v) is 7.44. The standard InChI is InChI=1S/C18H27NO2/c1-13-8-6-9-14(12-13)18(10-7-11-18)15(20)19-16(2,3)17(4,5)21/h6,8-9,12,21H,7,10-11H2,1-5H3,(H,19,20). The van der Waals surface area contributed by atoms with Crippen LogP contribution in [0.25, 0.3) is 0 Å². The first-order valence-electron chi connectivity index (χ1n) is 7.71. The molecule has 0 aliphatic heterocycles. The minimum Gasteiger partial charge on any atom is -0.388 e. The summed E-state index contributed by atoms with van der Waals surface area (Å²) in [6, 6.07) is 8.21. The van der Waals surface area contributed by atoms with E-state index in [2.05, 4.69) is 24.4 Å². The molecule has 0 spiro atoms. The van der Waals surface area contributed by atoms with Gasteiger partial charge in [0.15, 0.2) is 0 Å². The summed E-state index contributed by atoms with van der Waals surface area (Å²) in [5.74, 6) is 0.0338. The molecule has 1 amide bonds. The lowest BCUT2D eigenvalue weighted by Gasteiger charge is -2.45. The van der Waals surface area contributed by atoms with Crippen molar-refractivity contribution in [3.63, 3.8) is 0 Å². The third kappa shape index (κ3) is 2.84. The molecule has 0 radical (unpaired) electrons. The van der Waals surface area contributed by atoms with E-state index in [9.17, 15) is 9.90 Å². The van der Waals surface area contributed by atoms with E-state index < -0.39 is 16.6 Å². The fourth-order valence-corrected chi connectivity index (χ4v) is 2.68. The molecule has 0 bridgehead atoms. The fourth-order valence-electron chi connectivity index (χ4n) is 2.68. The van der Waals surface area contributed by atoms with E-state index in [1.807, 2.05) is 26.0 Å². The van der Waals surface area contributed by atoms with Gasteiger partial charge in [-0.2, -0.15) is 0 Å². The van der Waals surface area contributed by atoms with Gasteiger partial charge in [0.2, 0.25) is 5.91 Å². The average Bonchev–Trinajstić information content (AvgIpc) is 2.24. The van der Waals surface area contributed by atoms with Crippen LogP contribution >= 0.6 is 0 Å². The number of carbonyl (C=O) groups is 1. The summed E-state index contributed by atoms with van der Waals surface area (Å²) >= 11 is 0. The van der Waals surface area contributed by atoms with Crippen LogP contribution in [0.5, 0.6) is 0 Å². The first-order chi connectivity index (χ1) is 9.58. The van der Waals surface area contributed by atoms with Crippen molar-refractivity contribution in [2.75, 3.05) is 0 Å². The highest BCUT2D eigenvalue weighted by atomic mass is 16.3. The second kappa shape index (κ2) is 5.13. The van der Waals surface area contributed by atoms with Gasteiger partial charge in [-0.1, -0.05) is 36.2 Å². The Morgan fingerprint density at radius 3 is 2.29 bits per heavy atom. The summed E-state index contributed by atoms with van der Waals surface area (Å²) in [6.45, 7) is 9.25. The first-order valence-corrected chi connectivity index (χ1v) is 7.71. The molecular formula is C18H27NO2. The zero-order valence-corrected chi connectivity index (χ0v) is 13.8. The number of amides is 1. The summed E-state index contributed by atoms with van der Waals surface area (Å²) in [7, 11) is 0. The summed E-state index contributed by atoms with van der Waals surface area (Å²) in [5.41, 5.74) is 0.205. The van der Waals surface area contributed by atoms with Crippen molar-refractivity contribution in [1.82, 2.24) is 5.32 Å². The SMILES string of the molecule is Cc1cccc(C2(C(=O)NC(C)(C)C(C)(C)O)CCC2)c1. The third-order valence-corrected chi connectivity index (χ3v) is 5.17. The lowest BCUT2D eigenvalue weighted by atomic mass is 9.63. The Kier molecular flexibility index (Phi) is 3.92. The Bertz CT molecular complexity index is 536. The maximum Gasteiger partial charge on any atom is 0.231 e. The van der Waals surface area contributed by atoms with Gasteiger partial charge in [0.1, 0.15) is 0 Å². The van der Waals surface area contributed by atoms with Crippen LogP contribution in [0.3, 0.4) is 0 Å². The lowest BCUT2D eigenvalue weighted by molar-refractivity contribution is -0.135. The highest BCUT2D eigenvalue weighted by Gasteiger charge is 2.48. The van der Waals surface area contributed by atoms with Crippen LogP contribution in [0.1, 0.15) is 58.1 Å². The molecule has 1 aromatic carbocycles. The van der Waals surface area contributed by atoms with Gasteiger partial charge in [0, 0.05) is 0 Å². The molecule has 0 atom stereocenters. The first kappa shape index (κ1) is 16.0. The van der Waals surface area contributed by atoms with E-state index in [-0.39, 0.29) is 5.91 Å². The van der Waals surface area contributed by atoms with Crippen LogP contribution in [0.4, 0.5) is 0 Å². The van der Waals surface area contributed by atoms with Crippen LogP contribution < -0.4 is 5.32 Å². The van der Waals surface area contributed by atoms with Gasteiger partial charge >= 0.3 is 0 Å². The van der Waals surface area contributed by atoms with Gasteiger partial charge < -0.3 is 10.4 Å². The van der Waals surface area contributed by atoms with Crippen LogP contribution in [0.2, 0.25) is 0 Å². The maximum atomic E-state index is 12.9. The molecular weight excluding hydrogens is 262 g/mol. The fraction of sp³-hybridized carbons (Fsp3) is 0.611. The van der Waals surface area contributed by atoms with E-state index in [4.69, 9.17) is 0 Å². The van der Waals surface area contributed by atoms with Gasteiger partial charge in [-0.25, -0.2) is 0 Å². The number of hydrogen-bond acceptors (Lipinski definition) is 2. The minimum absolute atomic E-state index is 0.0338. The van der Waals surface area contributed by atoms with Crippen molar-refractivity contribution in [1.29, 1.82) is 0 Å². The summed E-state index contributed by atoms with van der Waals surface area (Å²) in [4.78, 5) is 12.9. The predicted octanol–water partition coefficient (Wildman–Crippen LogP) is 3.08. The normalized spacial score (nSPS) is 18.0. The number of rotatable bonds is 4. The Labute approximate surface area is 127 Å². The maximum absolute atomic E-state index is 12.9. The van der Waals surface area contributed by atoms with Gasteiger partial charge in [-0.05, 0) is 53.0 Å².